The smallest absolute Gasteiger partial charge is 0.0779 e. The van der Waals surface area contributed by atoms with Crippen molar-refractivity contribution in [1.82, 2.24) is 0 Å². The van der Waals surface area contributed by atoms with Crippen LogP contribution in [0.1, 0.15) is 12.0 Å². The second kappa shape index (κ2) is 4.12. The van der Waals surface area contributed by atoms with Crippen LogP contribution in [-0.2, 0) is 11.2 Å². The van der Waals surface area contributed by atoms with Crippen molar-refractivity contribution in [3.8, 4) is 0 Å². The average molecular weight is 197 g/mol. The van der Waals surface area contributed by atoms with Gasteiger partial charge in [0.15, 0.2) is 0 Å². The zero-order valence-electron chi connectivity index (χ0n) is 7.45. The molecule has 0 saturated carbocycles. The molecule has 0 aliphatic carbocycles. The van der Waals surface area contributed by atoms with E-state index in [1.54, 1.807) is 0 Å². The molecule has 2 rings (SSSR count). The van der Waals surface area contributed by atoms with Crippen LogP contribution < -0.4 is 0 Å². The lowest BCUT2D eigenvalue weighted by Crippen LogP contribution is -2.18. The van der Waals surface area contributed by atoms with Crippen LogP contribution in [0.4, 0.5) is 0 Å². The molecule has 2 heteroatoms. The Hall–Kier alpha value is -0.530. The van der Waals surface area contributed by atoms with Gasteiger partial charge in [0.25, 0.3) is 0 Å². The summed E-state index contributed by atoms with van der Waals surface area (Å²) >= 11 is 6.10. The van der Waals surface area contributed by atoms with Gasteiger partial charge in [0.1, 0.15) is 0 Å². The van der Waals surface area contributed by atoms with Crippen LogP contribution in [0.15, 0.2) is 30.3 Å². The lowest BCUT2D eigenvalue weighted by molar-refractivity contribution is 0.112. The average Bonchev–Trinajstić information content (AvgIpc) is 2.54. The summed E-state index contributed by atoms with van der Waals surface area (Å²) in [5.41, 5.74) is 1.31. The van der Waals surface area contributed by atoms with Gasteiger partial charge in [0.2, 0.25) is 0 Å². The summed E-state index contributed by atoms with van der Waals surface area (Å²) in [4.78, 5) is 0. The fourth-order valence-corrected chi connectivity index (χ4v) is 1.91. The van der Waals surface area contributed by atoms with Crippen molar-refractivity contribution in [3.05, 3.63) is 35.9 Å². The molecule has 1 fully saturated rings. The SMILES string of the molecule is ClC1CCOC1Cc1ccccc1. The van der Waals surface area contributed by atoms with Crippen LogP contribution >= 0.6 is 11.6 Å². The highest BCUT2D eigenvalue weighted by Gasteiger charge is 2.25. The van der Waals surface area contributed by atoms with Crippen molar-refractivity contribution in [2.24, 2.45) is 0 Å². The standard InChI is InChI=1S/C11H13ClO/c12-10-6-7-13-11(10)8-9-4-2-1-3-5-9/h1-5,10-11H,6-8H2. The molecule has 1 heterocycles. The third kappa shape index (κ3) is 2.23. The number of hydrogen-bond acceptors (Lipinski definition) is 1. The first kappa shape index (κ1) is 9.04. The summed E-state index contributed by atoms with van der Waals surface area (Å²) in [6.07, 6.45) is 2.14. The van der Waals surface area contributed by atoms with E-state index in [4.69, 9.17) is 16.3 Å². The van der Waals surface area contributed by atoms with E-state index in [9.17, 15) is 0 Å². The Kier molecular flexibility index (Phi) is 2.87. The molecule has 1 saturated heterocycles. The van der Waals surface area contributed by atoms with Gasteiger partial charge in [0, 0.05) is 13.0 Å². The van der Waals surface area contributed by atoms with Crippen molar-refractivity contribution in [3.63, 3.8) is 0 Å². The number of hydrogen-bond donors (Lipinski definition) is 0. The predicted molar refractivity (Wildman–Crippen MR) is 54.1 cm³/mol. The van der Waals surface area contributed by atoms with Crippen LogP contribution in [0.25, 0.3) is 0 Å². The third-order valence-corrected chi connectivity index (χ3v) is 2.91. The molecule has 1 aromatic carbocycles. The number of rotatable bonds is 2. The van der Waals surface area contributed by atoms with Gasteiger partial charge in [-0.3, -0.25) is 0 Å². The molecule has 13 heavy (non-hydrogen) atoms. The number of ether oxygens (including phenoxy) is 1. The highest BCUT2D eigenvalue weighted by atomic mass is 35.5. The van der Waals surface area contributed by atoms with E-state index in [0.29, 0.717) is 0 Å². The molecule has 2 unspecified atom stereocenters. The quantitative estimate of drug-likeness (QED) is 0.661. The van der Waals surface area contributed by atoms with Gasteiger partial charge in [-0.25, -0.2) is 0 Å². The molecule has 0 spiro atoms. The maximum absolute atomic E-state index is 6.10. The van der Waals surface area contributed by atoms with Crippen molar-refractivity contribution in [1.29, 1.82) is 0 Å². The van der Waals surface area contributed by atoms with E-state index in [1.807, 2.05) is 18.2 Å². The molecule has 2 atom stereocenters. The molecule has 0 N–H and O–H groups in total. The maximum Gasteiger partial charge on any atom is 0.0779 e. The van der Waals surface area contributed by atoms with Crippen molar-refractivity contribution in [2.75, 3.05) is 6.61 Å². The Bertz CT molecular complexity index is 260. The van der Waals surface area contributed by atoms with Gasteiger partial charge in [-0.05, 0) is 12.0 Å². The summed E-state index contributed by atoms with van der Waals surface area (Å²) in [5, 5.41) is 0.195. The van der Waals surface area contributed by atoms with Gasteiger partial charge in [-0.15, -0.1) is 11.6 Å². The maximum atomic E-state index is 6.10. The molecule has 0 aromatic heterocycles. The van der Waals surface area contributed by atoms with Crippen molar-refractivity contribution in [2.45, 2.75) is 24.3 Å². The Morgan fingerprint density at radius 2 is 2.08 bits per heavy atom. The summed E-state index contributed by atoms with van der Waals surface area (Å²) in [7, 11) is 0. The number of halogens is 1. The zero-order valence-corrected chi connectivity index (χ0v) is 8.20. The normalized spacial score (nSPS) is 27.8. The summed E-state index contributed by atoms with van der Waals surface area (Å²) in [5.74, 6) is 0. The first-order valence-corrected chi connectivity index (χ1v) is 5.09. The van der Waals surface area contributed by atoms with E-state index in [2.05, 4.69) is 12.1 Å². The fraction of sp³-hybridized carbons (Fsp3) is 0.455. The minimum absolute atomic E-state index is 0.195. The Balaban J connectivity index is 1.98. The largest absolute Gasteiger partial charge is 0.376 e. The number of benzene rings is 1. The first-order chi connectivity index (χ1) is 6.36. The predicted octanol–water partition coefficient (Wildman–Crippen LogP) is 2.63. The monoisotopic (exact) mass is 196 g/mol. The zero-order chi connectivity index (χ0) is 9.10. The van der Waals surface area contributed by atoms with Gasteiger partial charge < -0.3 is 4.74 Å². The fourth-order valence-electron chi connectivity index (χ4n) is 1.66. The molecule has 0 bridgehead atoms. The highest BCUT2D eigenvalue weighted by molar-refractivity contribution is 6.21. The second-order valence-electron chi connectivity index (χ2n) is 3.40. The molecule has 1 nitrogen and oxygen atoms in total. The van der Waals surface area contributed by atoms with Crippen LogP contribution in [0, 0.1) is 0 Å². The lowest BCUT2D eigenvalue weighted by atomic mass is 10.1. The molecular formula is C11H13ClO. The van der Waals surface area contributed by atoms with Crippen molar-refractivity contribution >= 4 is 11.6 Å². The van der Waals surface area contributed by atoms with Crippen LogP contribution in [0.2, 0.25) is 0 Å². The first-order valence-electron chi connectivity index (χ1n) is 4.66. The third-order valence-electron chi connectivity index (χ3n) is 2.41. The Morgan fingerprint density at radius 3 is 2.69 bits per heavy atom. The van der Waals surface area contributed by atoms with Crippen LogP contribution in [-0.4, -0.2) is 18.1 Å². The summed E-state index contributed by atoms with van der Waals surface area (Å²) in [6, 6.07) is 10.4. The molecule has 0 amide bonds. The Labute approximate surface area is 83.7 Å². The van der Waals surface area contributed by atoms with E-state index in [0.717, 1.165) is 19.4 Å². The Morgan fingerprint density at radius 1 is 1.31 bits per heavy atom. The molecular weight excluding hydrogens is 184 g/mol. The summed E-state index contributed by atoms with van der Waals surface area (Å²) < 4.78 is 5.54. The molecule has 1 aliphatic heterocycles. The second-order valence-corrected chi connectivity index (χ2v) is 3.96. The summed E-state index contributed by atoms with van der Waals surface area (Å²) in [6.45, 7) is 0.811. The van der Waals surface area contributed by atoms with E-state index in [-0.39, 0.29) is 11.5 Å². The lowest BCUT2D eigenvalue weighted by Gasteiger charge is -2.12. The molecule has 70 valence electrons. The van der Waals surface area contributed by atoms with E-state index in [1.165, 1.54) is 5.56 Å². The molecule has 0 radical (unpaired) electrons. The minimum Gasteiger partial charge on any atom is -0.376 e. The van der Waals surface area contributed by atoms with Gasteiger partial charge >= 0.3 is 0 Å². The van der Waals surface area contributed by atoms with Crippen molar-refractivity contribution < 1.29 is 4.74 Å². The van der Waals surface area contributed by atoms with Gasteiger partial charge in [-0.1, -0.05) is 30.3 Å². The van der Waals surface area contributed by atoms with Crippen LogP contribution in [0.5, 0.6) is 0 Å². The van der Waals surface area contributed by atoms with E-state index < -0.39 is 0 Å². The minimum atomic E-state index is 0.195. The molecule has 1 aromatic rings. The number of alkyl halides is 1. The highest BCUT2D eigenvalue weighted by Crippen LogP contribution is 2.22. The van der Waals surface area contributed by atoms with Gasteiger partial charge in [0.05, 0.1) is 11.5 Å². The van der Waals surface area contributed by atoms with Crippen LogP contribution in [0.3, 0.4) is 0 Å². The van der Waals surface area contributed by atoms with Gasteiger partial charge in [-0.2, -0.15) is 0 Å². The molecule has 1 aliphatic rings. The topological polar surface area (TPSA) is 9.23 Å². The van der Waals surface area contributed by atoms with E-state index >= 15 is 0 Å².